The Morgan fingerprint density at radius 3 is 2.38 bits per heavy atom. The molecule has 21 heavy (non-hydrogen) atoms. The highest BCUT2D eigenvalue weighted by Gasteiger charge is 2.44. The summed E-state index contributed by atoms with van der Waals surface area (Å²) in [5, 5.41) is 19.4. The molecule has 0 amide bonds. The van der Waals surface area contributed by atoms with E-state index in [2.05, 4.69) is 19.1 Å². The van der Waals surface area contributed by atoms with Crippen molar-refractivity contribution in [3.63, 3.8) is 0 Å². The lowest BCUT2D eigenvalue weighted by Crippen LogP contribution is -2.33. The highest BCUT2D eigenvalue weighted by molar-refractivity contribution is 5.45. The van der Waals surface area contributed by atoms with Crippen LogP contribution in [0.3, 0.4) is 0 Å². The molecule has 2 aromatic rings. The van der Waals surface area contributed by atoms with Gasteiger partial charge in [0.15, 0.2) is 0 Å². The molecule has 0 heterocycles. The lowest BCUT2D eigenvalue weighted by Gasteiger charge is -2.41. The lowest BCUT2D eigenvalue weighted by molar-refractivity contribution is 0.212. The average molecular weight is 280 g/mol. The zero-order chi connectivity index (χ0) is 14.6. The van der Waals surface area contributed by atoms with Gasteiger partial charge in [-0.05, 0) is 83.5 Å². The van der Waals surface area contributed by atoms with Crippen LogP contribution in [0.2, 0.25) is 0 Å². The molecule has 2 aromatic carbocycles. The second-order valence-corrected chi connectivity index (χ2v) is 6.77. The van der Waals surface area contributed by atoms with Crippen molar-refractivity contribution in [2.45, 2.75) is 38.5 Å². The van der Waals surface area contributed by atoms with Crippen molar-refractivity contribution in [2.75, 3.05) is 0 Å². The summed E-state index contributed by atoms with van der Waals surface area (Å²) in [4.78, 5) is 0. The first kappa shape index (κ1) is 12.8. The van der Waals surface area contributed by atoms with E-state index in [4.69, 9.17) is 0 Å². The topological polar surface area (TPSA) is 40.5 Å². The van der Waals surface area contributed by atoms with E-state index >= 15 is 0 Å². The van der Waals surface area contributed by atoms with Gasteiger partial charge in [0.25, 0.3) is 0 Å². The number of rotatable bonds is 0. The maximum absolute atomic E-state index is 9.71. The van der Waals surface area contributed by atoms with Gasteiger partial charge in [0, 0.05) is 0 Å². The summed E-state index contributed by atoms with van der Waals surface area (Å²) in [5.41, 5.74) is 5.66. The molecule has 0 aromatic heterocycles. The van der Waals surface area contributed by atoms with Crippen molar-refractivity contribution < 1.29 is 10.2 Å². The lowest BCUT2D eigenvalue weighted by atomic mass is 9.63. The fourth-order valence-corrected chi connectivity index (χ4v) is 4.41. The van der Waals surface area contributed by atoms with Crippen LogP contribution in [-0.4, -0.2) is 10.2 Å². The van der Waals surface area contributed by atoms with Crippen LogP contribution in [0.5, 0.6) is 11.5 Å². The van der Waals surface area contributed by atoms with E-state index < -0.39 is 0 Å². The van der Waals surface area contributed by atoms with Crippen molar-refractivity contribution in [2.24, 2.45) is 5.41 Å². The number of aryl methyl sites for hydroxylation is 1. The Kier molecular flexibility index (Phi) is 2.59. The Labute approximate surface area is 125 Å². The number of aromatic hydroxyl groups is 2. The summed E-state index contributed by atoms with van der Waals surface area (Å²) in [7, 11) is 0. The Morgan fingerprint density at radius 2 is 1.57 bits per heavy atom. The van der Waals surface area contributed by atoms with E-state index in [0.717, 1.165) is 25.7 Å². The van der Waals surface area contributed by atoms with E-state index in [1.165, 1.54) is 22.3 Å². The minimum atomic E-state index is 0.278. The Bertz CT molecular complexity index is 720. The second-order valence-electron chi connectivity index (χ2n) is 6.77. The summed E-state index contributed by atoms with van der Waals surface area (Å²) in [5.74, 6) is 1.23. The third-order valence-corrected chi connectivity index (χ3v) is 5.68. The predicted octanol–water partition coefficient (Wildman–Crippen LogP) is 3.93. The number of hydrogen-bond donors (Lipinski definition) is 2. The first-order chi connectivity index (χ1) is 10.1. The molecule has 108 valence electrons. The van der Waals surface area contributed by atoms with E-state index in [0.29, 0.717) is 17.4 Å². The van der Waals surface area contributed by atoms with Crippen LogP contribution in [0.4, 0.5) is 0 Å². The van der Waals surface area contributed by atoms with Crippen molar-refractivity contribution in [3.05, 3.63) is 58.7 Å². The van der Waals surface area contributed by atoms with Crippen molar-refractivity contribution in [3.8, 4) is 11.5 Å². The zero-order valence-corrected chi connectivity index (χ0v) is 12.3. The molecule has 4 rings (SSSR count). The van der Waals surface area contributed by atoms with Crippen LogP contribution in [-0.2, 0) is 19.3 Å². The van der Waals surface area contributed by atoms with Gasteiger partial charge in [0.05, 0.1) is 0 Å². The smallest absolute Gasteiger partial charge is 0.115 e. The largest absolute Gasteiger partial charge is 0.508 e. The maximum atomic E-state index is 9.71. The molecule has 2 atom stereocenters. The Balaban J connectivity index is 1.74. The number of phenolic OH excluding ortho intramolecular Hbond substituents is 2. The normalized spacial score (nSPS) is 26.6. The number of phenols is 2. The number of hydrogen-bond acceptors (Lipinski definition) is 2. The van der Waals surface area contributed by atoms with Gasteiger partial charge < -0.3 is 10.2 Å². The van der Waals surface area contributed by atoms with Crippen LogP contribution in [0.1, 0.15) is 41.5 Å². The third-order valence-electron chi connectivity index (χ3n) is 5.68. The molecule has 0 bridgehead atoms. The van der Waals surface area contributed by atoms with Crippen LogP contribution in [0, 0.1) is 5.41 Å². The SMILES string of the molecule is CC1c2ccc(O)cc2CCC12Cc1ccc(O)cc1C2. The van der Waals surface area contributed by atoms with Crippen molar-refractivity contribution in [1.29, 1.82) is 0 Å². The Hall–Kier alpha value is -1.96. The van der Waals surface area contributed by atoms with Gasteiger partial charge in [-0.2, -0.15) is 0 Å². The average Bonchev–Trinajstić information content (AvgIpc) is 2.82. The van der Waals surface area contributed by atoms with Crippen LogP contribution >= 0.6 is 0 Å². The quantitative estimate of drug-likeness (QED) is 0.767. The minimum absolute atomic E-state index is 0.278. The second kappa shape index (κ2) is 4.27. The summed E-state index contributed by atoms with van der Waals surface area (Å²) >= 11 is 0. The predicted molar refractivity (Wildman–Crippen MR) is 82.8 cm³/mol. The van der Waals surface area contributed by atoms with Gasteiger partial charge in [-0.3, -0.25) is 0 Å². The fourth-order valence-electron chi connectivity index (χ4n) is 4.41. The van der Waals surface area contributed by atoms with Gasteiger partial charge >= 0.3 is 0 Å². The molecule has 2 N–H and O–H groups in total. The molecule has 2 aliphatic carbocycles. The maximum Gasteiger partial charge on any atom is 0.115 e. The highest BCUT2D eigenvalue weighted by atomic mass is 16.3. The molecule has 2 aliphatic rings. The van der Waals surface area contributed by atoms with E-state index in [9.17, 15) is 10.2 Å². The van der Waals surface area contributed by atoms with Crippen LogP contribution < -0.4 is 0 Å². The van der Waals surface area contributed by atoms with Crippen LogP contribution in [0.15, 0.2) is 36.4 Å². The zero-order valence-electron chi connectivity index (χ0n) is 12.3. The fraction of sp³-hybridized carbons (Fsp3) is 0.368. The van der Waals surface area contributed by atoms with Gasteiger partial charge in [-0.1, -0.05) is 19.1 Å². The van der Waals surface area contributed by atoms with E-state index in [1.54, 1.807) is 6.07 Å². The van der Waals surface area contributed by atoms with Crippen molar-refractivity contribution >= 4 is 0 Å². The van der Waals surface area contributed by atoms with Gasteiger partial charge in [0.2, 0.25) is 0 Å². The molecule has 2 heteroatoms. The van der Waals surface area contributed by atoms with E-state index in [-0.39, 0.29) is 5.41 Å². The molecule has 0 fully saturated rings. The summed E-state index contributed by atoms with van der Waals surface area (Å²) in [6.07, 6.45) is 4.34. The molecule has 0 saturated heterocycles. The van der Waals surface area contributed by atoms with Gasteiger partial charge in [-0.15, -0.1) is 0 Å². The standard InChI is InChI=1S/C19H20O2/c1-12-18-5-4-17(21)8-13(18)6-7-19(12)10-14-2-3-16(20)9-15(14)11-19/h2-5,8-9,12,20-21H,6-7,10-11H2,1H3. The monoisotopic (exact) mass is 280 g/mol. The number of fused-ring (bicyclic) bond motifs is 2. The summed E-state index contributed by atoms with van der Waals surface area (Å²) in [6, 6.07) is 11.6. The molecule has 0 saturated carbocycles. The third kappa shape index (κ3) is 1.85. The van der Waals surface area contributed by atoms with Gasteiger partial charge in [-0.25, -0.2) is 0 Å². The molecular formula is C19H20O2. The van der Waals surface area contributed by atoms with Gasteiger partial charge in [0.1, 0.15) is 11.5 Å². The molecule has 2 unspecified atom stereocenters. The highest BCUT2D eigenvalue weighted by Crippen LogP contribution is 2.53. The summed E-state index contributed by atoms with van der Waals surface area (Å²) in [6.45, 7) is 2.32. The van der Waals surface area contributed by atoms with Crippen LogP contribution in [0.25, 0.3) is 0 Å². The molecule has 1 spiro atoms. The number of benzene rings is 2. The molecule has 0 radical (unpaired) electrons. The van der Waals surface area contributed by atoms with E-state index in [1.807, 2.05) is 18.2 Å². The first-order valence-corrected chi connectivity index (χ1v) is 7.70. The molecule has 2 nitrogen and oxygen atoms in total. The minimum Gasteiger partial charge on any atom is -0.508 e. The molecule has 0 aliphatic heterocycles. The first-order valence-electron chi connectivity index (χ1n) is 7.70. The summed E-state index contributed by atoms with van der Waals surface area (Å²) < 4.78 is 0. The molecular weight excluding hydrogens is 260 g/mol. The Morgan fingerprint density at radius 1 is 0.905 bits per heavy atom. The van der Waals surface area contributed by atoms with Crippen molar-refractivity contribution in [1.82, 2.24) is 0 Å².